The van der Waals surface area contributed by atoms with Crippen LogP contribution in [0.3, 0.4) is 0 Å². The zero-order chi connectivity index (χ0) is 30.7. The molecule has 41 heavy (non-hydrogen) atoms. The molecule has 0 unspecified atom stereocenters. The molecule has 6 nitrogen and oxygen atoms in total. The fraction of sp³-hybridized carbons (Fsp3) is 0.686. The highest BCUT2D eigenvalue weighted by Crippen LogP contribution is 2.39. The second-order valence-corrected chi connectivity index (χ2v) is 12.9. The molecular formula is C35H56O6. The van der Waals surface area contributed by atoms with Gasteiger partial charge in [-0.25, -0.2) is 0 Å². The summed E-state index contributed by atoms with van der Waals surface area (Å²) in [6.45, 7) is 12.6. The van der Waals surface area contributed by atoms with Gasteiger partial charge in [0, 0.05) is 30.4 Å². The molecule has 2 aliphatic rings. The second kappa shape index (κ2) is 17.2. The summed E-state index contributed by atoms with van der Waals surface area (Å²) in [6.07, 6.45) is 14.8. The maximum Gasteiger partial charge on any atom is 0.166 e. The summed E-state index contributed by atoms with van der Waals surface area (Å²) < 4.78 is 0. The number of Topliss-reactive ketones (excluding diaryl/α,β-unsaturated/α-hetero) is 1. The number of hydrogen-bond acceptors (Lipinski definition) is 6. The largest absolute Gasteiger partial charge is 0.508 e. The van der Waals surface area contributed by atoms with Crippen LogP contribution in [-0.4, -0.2) is 56.2 Å². The first kappa shape index (κ1) is 35.2. The smallest absolute Gasteiger partial charge is 0.166 e. The predicted octanol–water partition coefficient (Wildman–Crippen LogP) is 6.52. The Morgan fingerprint density at radius 2 is 1.78 bits per heavy atom. The highest BCUT2D eigenvalue weighted by atomic mass is 16.3. The van der Waals surface area contributed by atoms with Crippen molar-refractivity contribution in [1.82, 2.24) is 0 Å². The van der Waals surface area contributed by atoms with Crippen molar-refractivity contribution >= 4 is 5.78 Å². The predicted molar refractivity (Wildman–Crippen MR) is 166 cm³/mol. The van der Waals surface area contributed by atoms with Crippen LogP contribution in [0, 0.1) is 29.6 Å². The second-order valence-electron chi connectivity index (χ2n) is 12.9. The van der Waals surface area contributed by atoms with Crippen molar-refractivity contribution in [3.63, 3.8) is 0 Å². The zero-order valence-electron chi connectivity index (χ0n) is 26.2. The maximum atomic E-state index is 13.1. The van der Waals surface area contributed by atoms with Crippen molar-refractivity contribution in [2.24, 2.45) is 29.6 Å². The van der Waals surface area contributed by atoms with E-state index in [1.54, 1.807) is 6.08 Å². The van der Waals surface area contributed by atoms with Gasteiger partial charge in [0.2, 0.25) is 0 Å². The first-order chi connectivity index (χ1) is 19.4. The van der Waals surface area contributed by atoms with Crippen molar-refractivity contribution in [3.05, 3.63) is 58.4 Å². The molecule has 0 aliphatic heterocycles. The van der Waals surface area contributed by atoms with Crippen LogP contribution in [0.2, 0.25) is 0 Å². The Bertz CT molecular complexity index is 1000. The number of aliphatic hydroxyl groups excluding tert-OH is 5. The third-order valence-corrected chi connectivity index (χ3v) is 8.81. The molecule has 0 saturated heterocycles. The lowest BCUT2D eigenvalue weighted by atomic mass is 9.71. The Hall–Kier alpha value is -1.99. The molecule has 0 radical (unpaired) electrons. The minimum Gasteiger partial charge on any atom is -0.508 e. The van der Waals surface area contributed by atoms with Gasteiger partial charge < -0.3 is 25.5 Å². The number of unbranched alkanes of at least 4 members (excludes halogenated alkanes) is 3. The van der Waals surface area contributed by atoms with Crippen molar-refractivity contribution in [3.8, 4) is 0 Å². The molecule has 232 valence electrons. The first-order valence-corrected chi connectivity index (χ1v) is 15.7. The van der Waals surface area contributed by atoms with Gasteiger partial charge in [0.25, 0.3) is 0 Å². The normalized spacial score (nSPS) is 27.7. The summed E-state index contributed by atoms with van der Waals surface area (Å²) in [5.41, 5.74) is 3.18. The van der Waals surface area contributed by atoms with E-state index in [9.17, 15) is 30.3 Å². The lowest BCUT2D eigenvalue weighted by molar-refractivity contribution is -0.118. The summed E-state index contributed by atoms with van der Waals surface area (Å²) in [4.78, 5) is 13.1. The number of carbonyl (C=O) groups excluding carboxylic acids is 1. The van der Waals surface area contributed by atoms with Gasteiger partial charge in [-0.15, -0.1) is 0 Å². The first-order valence-electron chi connectivity index (χ1n) is 15.7. The van der Waals surface area contributed by atoms with Gasteiger partial charge in [0.15, 0.2) is 5.78 Å². The molecule has 0 bridgehead atoms. The molecule has 2 aliphatic carbocycles. The van der Waals surface area contributed by atoms with Crippen LogP contribution in [0.15, 0.2) is 58.4 Å². The van der Waals surface area contributed by atoms with Gasteiger partial charge in [-0.2, -0.15) is 0 Å². The topological polar surface area (TPSA) is 118 Å². The van der Waals surface area contributed by atoms with Crippen LogP contribution >= 0.6 is 0 Å². The van der Waals surface area contributed by atoms with Crippen molar-refractivity contribution in [2.45, 2.75) is 118 Å². The number of aliphatic hydroxyl groups is 5. The summed E-state index contributed by atoms with van der Waals surface area (Å²) in [7, 11) is 0. The summed E-state index contributed by atoms with van der Waals surface area (Å²) in [6, 6.07) is 0. The number of carbonyl (C=O) groups is 1. The number of rotatable bonds is 15. The Balaban J connectivity index is 2.01. The van der Waals surface area contributed by atoms with Gasteiger partial charge in [-0.05, 0) is 56.9 Å². The van der Waals surface area contributed by atoms with Crippen molar-refractivity contribution in [2.75, 3.05) is 6.61 Å². The maximum absolute atomic E-state index is 13.1. The minimum absolute atomic E-state index is 0.0293. The van der Waals surface area contributed by atoms with Gasteiger partial charge in [0.05, 0.1) is 18.3 Å². The van der Waals surface area contributed by atoms with E-state index in [0.717, 1.165) is 12.0 Å². The van der Waals surface area contributed by atoms with Crippen LogP contribution in [0.4, 0.5) is 0 Å². The molecule has 2 rings (SSSR count). The van der Waals surface area contributed by atoms with E-state index in [1.165, 1.54) is 43.8 Å². The van der Waals surface area contributed by atoms with Crippen LogP contribution < -0.4 is 0 Å². The lowest BCUT2D eigenvalue weighted by Crippen LogP contribution is -2.44. The molecule has 0 aromatic rings. The highest BCUT2D eigenvalue weighted by molar-refractivity contribution is 5.99. The molecular weight excluding hydrogens is 516 g/mol. The van der Waals surface area contributed by atoms with Crippen LogP contribution in [0.25, 0.3) is 0 Å². The molecule has 0 aromatic carbocycles. The van der Waals surface area contributed by atoms with Gasteiger partial charge in [0.1, 0.15) is 5.76 Å². The summed E-state index contributed by atoms with van der Waals surface area (Å²) in [5, 5.41) is 51.9. The number of ketones is 1. The summed E-state index contributed by atoms with van der Waals surface area (Å²) >= 11 is 0. The van der Waals surface area contributed by atoms with E-state index in [0.29, 0.717) is 17.9 Å². The van der Waals surface area contributed by atoms with Gasteiger partial charge in [-0.1, -0.05) is 101 Å². The molecule has 0 heterocycles. The molecule has 0 spiro atoms. The zero-order valence-corrected chi connectivity index (χ0v) is 26.2. The minimum atomic E-state index is -1.17. The number of allylic oxidation sites excluding steroid dienone is 6. The van der Waals surface area contributed by atoms with Crippen molar-refractivity contribution < 1.29 is 30.3 Å². The highest BCUT2D eigenvalue weighted by Gasteiger charge is 2.42. The Morgan fingerprint density at radius 3 is 2.41 bits per heavy atom. The van der Waals surface area contributed by atoms with E-state index < -0.39 is 30.1 Å². The summed E-state index contributed by atoms with van der Waals surface area (Å²) in [5.74, 6) is -0.943. The van der Waals surface area contributed by atoms with Crippen LogP contribution in [0.1, 0.15) is 99.3 Å². The molecule has 0 amide bonds. The average Bonchev–Trinajstić information content (AvgIpc) is 2.90. The molecule has 5 N–H and O–H groups in total. The molecule has 0 aromatic heterocycles. The lowest BCUT2D eigenvalue weighted by Gasteiger charge is -2.38. The third kappa shape index (κ3) is 11.0. The quantitative estimate of drug-likeness (QED) is 0.0867. The fourth-order valence-corrected chi connectivity index (χ4v) is 6.44. The van der Waals surface area contributed by atoms with Crippen LogP contribution in [0.5, 0.6) is 0 Å². The SMILES string of the molecule is CCCCCC[C@H](C)C/C(C)=C\[C@@H](C)/C=C(C)/C=C/[C@H](O)[C@@H](C)C1=CC(O)=C([C@@H]2C[C@H](CO)C[C@H](O)[C@H]2O)C(=O)C1. The molecule has 6 heteroatoms. The Kier molecular flexibility index (Phi) is 14.8. The Morgan fingerprint density at radius 1 is 1.07 bits per heavy atom. The monoisotopic (exact) mass is 572 g/mol. The molecule has 1 fully saturated rings. The third-order valence-electron chi connectivity index (χ3n) is 8.81. The Labute approximate surface area is 248 Å². The fourth-order valence-electron chi connectivity index (χ4n) is 6.44. The van der Waals surface area contributed by atoms with E-state index in [1.807, 2.05) is 19.9 Å². The van der Waals surface area contributed by atoms with Crippen molar-refractivity contribution in [1.29, 1.82) is 0 Å². The van der Waals surface area contributed by atoms with Gasteiger partial charge >= 0.3 is 0 Å². The van der Waals surface area contributed by atoms with E-state index in [-0.39, 0.29) is 48.4 Å². The average molecular weight is 573 g/mol. The molecule has 8 atom stereocenters. The van der Waals surface area contributed by atoms with E-state index in [2.05, 4.69) is 39.8 Å². The number of hydrogen-bond donors (Lipinski definition) is 5. The van der Waals surface area contributed by atoms with E-state index >= 15 is 0 Å². The standard InChI is InChI=1S/C35H56O6/c1-7-8-9-10-11-22(2)14-24(4)16-25(5)15-23(3)12-13-30(37)26(6)28-19-31(38)34(32(39)20-28)29-17-27(21-36)18-33(40)35(29)41/h12-13,15-16,19,22,25-27,29-30,33,35-38,40-41H,7-11,14,17-18,20-21H2,1-6H3/b13-12+,23-15+,24-16-/t22-,25-,26-,27-,29-,30-,33-,35-/m0/s1. The van der Waals surface area contributed by atoms with Crippen LogP contribution in [-0.2, 0) is 4.79 Å². The van der Waals surface area contributed by atoms with E-state index in [4.69, 9.17) is 0 Å². The van der Waals surface area contributed by atoms with Gasteiger partial charge in [-0.3, -0.25) is 4.79 Å². The molecule has 1 saturated carbocycles.